The Morgan fingerprint density at radius 2 is 1.41 bits per heavy atom. The summed E-state index contributed by atoms with van der Waals surface area (Å²) in [6.45, 7) is 6.25. The maximum atomic E-state index is 11.5. The third-order valence-electron chi connectivity index (χ3n) is 8.75. The number of benzene rings is 1. The zero-order chi connectivity index (χ0) is 27.2. The molecule has 208 valence electrons. The van der Waals surface area contributed by atoms with Crippen LogP contribution in [-0.4, -0.2) is 68.4 Å². The summed E-state index contributed by atoms with van der Waals surface area (Å²) in [6, 6.07) is 12.1. The summed E-state index contributed by atoms with van der Waals surface area (Å²) in [6.07, 6.45) is 6.88. The summed E-state index contributed by atoms with van der Waals surface area (Å²) in [5.74, 6) is 2.08. The lowest BCUT2D eigenvalue weighted by atomic mass is 9.65. The first-order valence-electron chi connectivity index (χ1n) is 14.0. The van der Waals surface area contributed by atoms with Gasteiger partial charge in [-0.3, -0.25) is 0 Å². The highest BCUT2D eigenvalue weighted by atomic mass is 32.1. The van der Waals surface area contributed by atoms with Crippen molar-refractivity contribution in [3.05, 3.63) is 52.2 Å². The summed E-state index contributed by atoms with van der Waals surface area (Å²) in [7, 11) is 10.0. The van der Waals surface area contributed by atoms with Gasteiger partial charge in [0, 0.05) is 29.8 Å². The van der Waals surface area contributed by atoms with Gasteiger partial charge in [0.1, 0.15) is 11.4 Å². The predicted molar refractivity (Wildman–Crippen MR) is 155 cm³/mol. The van der Waals surface area contributed by atoms with E-state index in [1.165, 1.54) is 12.8 Å². The molecule has 6 unspecified atom stereocenters. The Kier molecular flexibility index (Phi) is 10.6. The smallest absolute Gasteiger partial charge is 0.119 e. The Labute approximate surface area is 229 Å². The normalized spacial score (nSPS) is 32.2. The molecule has 1 heterocycles. The van der Waals surface area contributed by atoms with Crippen LogP contribution in [0, 0.1) is 23.7 Å². The average Bonchev–Trinajstić information content (AvgIpc) is 3.41. The first kappa shape index (κ1) is 30.1. The molecule has 2 saturated carbocycles. The van der Waals surface area contributed by atoms with Crippen LogP contribution < -0.4 is 4.74 Å². The number of thiophene rings is 1. The molecule has 0 bridgehead atoms. The van der Waals surface area contributed by atoms with E-state index < -0.39 is 11.2 Å². The van der Waals surface area contributed by atoms with Crippen molar-refractivity contribution in [2.24, 2.45) is 23.7 Å². The number of methoxy groups -OCH3 is 1. The van der Waals surface area contributed by atoms with E-state index in [1.807, 2.05) is 30.3 Å². The van der Waals surface area contributed by atoms with Gasteiger partial charge in [-0.2, -0.15) is 0 Å². The molecule has 1 aromatic heterocycles. The molecule has 2 aliphatic rings. The molecule has 6 atom stereocenters. The number of hydrogen-bond donors (Lipinski definition) is 2. The van der Waals surface area contributed by atoms with Crippen molar-refractivity contribution in [1.82, 2.24) is 9.80 Å². The molecular weight excluding hydrogens is 480 g/mol. The fraction of sp³-hybridized carbons (Fsp3) is 0.677. The molecular formula is C31H50N2O3S. The fourth-order valence-electron chi connectivity index (χ4n) is 6.71. The van der Waals surface area contributed by atoms with Crippen LogP contribution >= 0.6 is 11.3 Å². The molecule has 37 heavy (non-hydrogen) atoms. The lowest BCUT2D eigenvalue weighted by Gasteiger charge is -2.46. The van der Waals surface area contributed by atoms with E-state index in [9.17, 15) is 10.2 Å². The molecule has 6 heteroatoms. The second-order valence-electron chi connectivity index (χ2n) is 11.9. The number of aliphatic hydroxyl groups is 2. The number of rotatable bonds is 7. The van der Waals surface area contributed by atoms with E-state index in [-0.39, 0.29) is 11.8 Å². The molecule has 2 aliphatic carbocycles. The molecule has 2 aromatic rings. The van der Waals surface area contributed by atoms with Crippen molar-refractivity contribution in [1.29, 1.82) is 0 Å². The lowest BCUT2D eigenvalue weighted by Crippen LogP contribution is -2.47. The first-order chi connectivity index (χ1) is 17.5. The highest BCUT2D eigenvalue weighted by molar-refractivity contribution is 7.10. The monoisotopic (exact) mass is 530 g/mol. The summed E-state index contributed by atoms with van der Waals surface area (Å²) in [5.41, 5.74) is -0.371. The van der Waals surface area contributed by atoms with Crippen LogP contribution in [0.25, 0.3) is 0 Å². The average molecular weight is 531 g/mol. The van der Waals surface area contributed by atoms with E-state index in [2.05, 4.69) is 63.3 Å². The van der Waals surface area contributed by atoms with Gasteiger partial charge in [-0.15, -0.1) is 11.3 Å². The van der Waals surface area contributed by atoms with E-state index in [0.29, 0.717) is 11.8 Å². The lowest BCUT2D eigenvalue weighted by molar-refractivity contribution is -0.102. The van der Waals surface area contributed by atoms with Crippen molar-refractivity contribution < 1.29 is 14.9 Å². The number of ether oxygens (including phenoxy) is 1. The highest BCUT2D eigenvalue weighted by Gasteiger charge is 2.47. The van der Waals surface area contributed by atoms with Gasteiger partial charge in [0.2, 0.25) is 0 Å². The van der Waals surface area contributed by atoms with E-state index in [1.54, 1.807) is 18.4 Å². The van der Waals surface area contributed by atoms with Gasteiger partial charge < -0.3 is 24.7 Å². The van der Waals surface area contributed by atoms with Gasteiger partial charge in [0.05, 0.1) is 12.7 Å². The molecule has 1 aromatic carbocycles. The molecule has 0 aliphatic heterocycles. The van der Waals surface area contributed by atoms with Crippen molar-refractivity contribution in [2.45, 2.75) is 63.6 Å². The van der Waals surface area contributed by atoms with E-state index >= 15 is 0 Å². The maximum absolute atomic E-state index is 11.5. The Morgan fingerprint density at radius 1 is 0.838 bits per heavy atom. The molecule has 0 saturated heterocycles. The van der Waals surface area contributed by atoms with Crippen molar-refractivity contribution in [3.8, 4) is 5.75 Å². The van der Waals surface area contributed by atoms with Crippen LogP contribution in [-0.2, 0) is 11.2 Å². The summed E-state index contributed by atoms with van der Waals surface area (Å²) < 4.78 is 5.32. The molecule has 0 radical (unpaired) electrons. The summed E-state index contributed by atoms with van der Waals surface area (Å²) in [4.78, 5) is 5.52. The van der Waals surface area contributed by atoms with Crippen molar-refractivity contribution >= 4 is 11.3 Å². The number of hydrogen-bond acceptors (Lipinski definition) is 6. The third kappa shape index (κ3) is 6.77. The van der Waals surface area contributed by atoms with Crippen LogP contribution in [0.4, 0.5) is 0 Å². The highest BCUT2D eigenvalue weighted by Crippen LogP contribution is 2.48. The van der Waals surface area contributed by atoms with Crippen LogP contribution in [0.1, 0.15) is 62.8 Å². The zero-order valence-electron chi connectivity index (χ0n) is 24.1. The second-order valence-corrected chi connectivity index (χ2v) is 12.9. The van der Waals surface area contributed by atoms with Gasteiger partial charge in [-0.05, 0) is 94.9 Å². The molecule has 2 N–H and O–H groups in total. The van der Waals surface area contributed by atoms with Crippen molar-refractivity contribution in [3.63, 3.8) is 0 Å². The largest absolute Gasteiger partial charge is 0.497 e. The molecule has 5 nitrogen and oxygen atoms in total. The minimum absolute atomic E-state index is 0.272. The maximum Gasteiger partial charge on any atom is 0.119 e. The third-order valence-corrected chi connectivity index (χ3v) is 9.76. The van der Waals surface area contributed by atoms with Gasteiger partial charge in [0.15, 0.2) is 0 Å². The van der Waals surface area contributed by atoms with Crippen LogP contribution in [0.15, 0.2) is 41.8 Å². The van der Waals surface area contributed by atoms with Gasteiger partial charge >= 0.3 is 0 Å². The first-order valence-corrected chi connectivity index (χ1v) is 14.8. The Balaban J connectivity index is 0.000000208. The standard InChI is InChI=1S/C17H27NO2.C14H23NOS/c1-13-7-5-9-15(12-18(2)3)17(13,19)14-8-6-10-16(11-14)20-4;1-11-6-4-7-12(10-15(2)3)14(11,16)13-8-5-9-17-13/h6,8,10-11,13,15,19H,5,7,9,12H2,1-4H3;5,8-9,11-12,16H,4,6-7,10H2,1-3H3. The van der Waals surface area contributed by atoms with Crippen molar-refractivity contribution in [2.75, 3.05) is 48.4 Å². The SMILES string of the molecule is CC1CCCC(CN(C)C)C1(O)c1cccs1.COc1cccc(C2(O)C(C)CCCC2CN(C)C)c1. The Bertz CT molecular complexity index is 950. The summed E-state index contributed by atoms with van der Waals surface area (Å²) >= 11 is 1.69. The molecule has 0 amide bonds. The van der Waals surface area contributed by atoms with Gasteiger partial charge in [-0.25, -0.2) is 0 Å². The fourth-order valence-corrected chi connectivity index (χ4v) is 7.73. The summed E-state index contributed by atoms with van der Waals surface area (Å²) in [5, 5.41) is 24.7. The minimum Gasteiger partial charge on any atom is -0.497 e. The second kappa shape index (κ2) is 13.1. The van der Waals surface area contributed by atoms with Crippen LogP contribution in [0.2, 0.25) is 0 Å². The minimum atomic E-state index is -0.753. The topological polar surface area (TPSA) is 56.2 Å². The number of nitrogens with zero attached hydrogens (tertiary/aromatic N) is 2. The van der Waals surface area contributed by atoms with Gasteiger partial charge in [-0.1, -0.05) is 44.9 Å². The Hall–Kier alpha value is -1.44. The molecule has 2 fully saturated rings. The molecule has 4 rings (SSSR count). The molecule has 0 spiro atoms. The predicted octanol–water partition coefficient (Wildman–Crippen LogP) is 5.81. The quantitative estimate of drug-likeness (QED) is 0.473. The Morgan fingerprint density at radius 3 is 1.92 bits per heavy atom. The van der Waals surface area contributed by atoms with E-state index in [0.717, 1.165) is 55.0 Å². The van der Waals surface area contributed by atoms with Crippen LogP contribution in [0.3, 0.4) is 0 Å². The van der Waals surface area contributed by atoms with Gasteiger partial charge in [0.25, 0.3) is 0 Å². The van der Waals surface area contributed by atoms with E-state index in [4.69, 9.17) is 4.74 Å². The zero-order valence-corrected chi connectivity index (χ0v) is 24.9. The van der Waals surface area contributed by atoms with Crippen LogP contribution in [0.5, 0.6) is 5.75 Å².